The van der Waals surface area contributed by atoms with Gasteiger partial charge in [-0.05, 0) is 42.5 Å². The molecule has 0 spiro atoms. The largest absolute Gasteiger partial charge is 0.493 e. The molecule has 142 valence electrons. The maximum Gasteiger partial charge on any atom is 0.258 e. The van der Waals surface area contributed by atoms with Gasteiger partial charge in [-0.15, -0.1) is 0 Å². The standard InChI is InChI=1S/C22H26N2O3/c1-15(2)11-17-5-8-19(9-6-17)16(3)24-22(25)14-27-20-10-7-18(13-23)12-21(20)26-4/h5-10,12,15-16H,11,14H2,1-4H3,(H,24,25)/t16-/m1/s1. The fourth-order valence-corrected chi connectivity index (χ4v) is 2.78. The molecule has 1 N–H and O–H groups in total. The first kappa shape index (κ1) is 20.3. The van der Waals surface area contributed by atoms with E-state index < -0.39 is 0 Å². The molecule has 0 radical (unpaired) electrons. The summed E-state index contributed by atoms with van der Waals surface area (Å²) in [5.74, 6) is 1.25. The zero-order chi connectivity index (χ0) is 19.8. The highest BCUT2D eigenvalue weighted by Gasteiger charge is 2.12. The Labute approximate surface area is 160 Å². The second kappa shape index (κ2) is 9.63. The lowest BCUT2D eigenvalue weighted by Crippen LogP contribution is -2.31. The Balaban J connectivity index is 1.91. The lowest BCUT2D eigenvalue weighted by molar-refractivity contribution is -0.123. The van der Waals surface area contributed by atoms with Crippen LogP contribution in [0.5, 0.6) is 11.5 Å². The Bertz CT molecular complexity index is 807. The van der Waals surface area contributed by atoms with Crippen LogP contribution in [0.25, 0.3) is 0 Å². The van der Waals surface area contributed by atoms with Crippen molar-refractivity contribution in [3.8, 4) is 17.6 Å². The van der Waals surface area contributed by atoms with E-state index in [1.807, 2.05) is 25.1 Å². The molecular weight excluding hydrogens is 340 g/mol. The number of ether oxygens (including phenoxy) is 2. The summed E-state index contributed by atoms with van der Waals surface area (Å²) in [5.41, 5.74) is 2.81. The molecule has 2 aromatic carbocycles. The maximum atomic E-state index is 12.2. The molecule has 0 heterocycles. The fourth-order valence-electron chi connectivity index (χ4n) is 2.78. The first-order valence-corrected chi connectivity index (χ1v) is 9.02. The van der Waals surface area contributed by atoms with Crippen molar-refractivity contribution in [2.75, 3.05) is 13.7 Å². The van der Waals surface area contributed by atoms with E-state index in [1.54, 1.807) is 18.2 Å². The SMILES string of the molecule is COc1cc(C#N)ccc1OCC(=O)N[C@H](C)c1ccc(CC(C)C)cc1. The Kier molecular flexibility index (Phi) is 7.25. The summed E-state index contributed by atoms with van der Waals surface area (Å²) >= 11 is 0. The van der Waals surface area contributed by atoms with Crippen LogP contribution < -0.4 is 14.8 Å². The third-order valence-electron chi connectivity index (χ3n) is 4.15. The van der Waals surface area contributed by atoms with Crippen molar-refractivity contribution in [1.29, 1.82) is 5.26 Å². The molecule has 2 aromatic rings. The summed E-state index contributed by atoms with van der Waals surface area (Å²) < 4.78 is 10.7. The van der Waals surface area contributed by atoms with Gasteiger partial charge in [-0.1, -0.05) is 38.1 Å². The monoisotopic (exact) mass is 366 g/mol. The zero-order valence-electron chi connectivity index (χ0n) is 16.3. The lowest BCUT2D eigenvalue weighted by Gasteiger charge is -2.16. The quantitative estimate of drug-likeness (QED) is 0.766. The highest BCUT2D eigenvalue weighted by molar-refractivity contribution is 5.78. The first-order chi connectivity index (χ1) is 12.9. The number of benzene rings is 2. The third kappa shape index (κ3) is 6.03. The van der Waals surface area contributed by atoms with Crippen molar-refractivity contribution >= 4 is 5.91 Å². The van der Waals surface area contributed by atoms with Gasteiger partial charge in [0.25, 0.3) is 5.91 Å². The number of rotatable bonds is 8. The lowest BCUT2D eigenvalue weighted by atomic mass is 10.00. The fraction of sp³-hybridized carbons (Fsp3) is 0.364. The molecular formula is C22H26N2O3. The Morgan fingerprint density at radius 3 is 2.41 bits per heavy atom. The van der Waals surface area contributed by atoms with Gasteiger partial charge in [0.15, 0.2) is 18.1 Å². The first-order valence-electron chi connectivity index (χ1n) is 9.02. The zero-order valence-corrected chi connectivity index (χ0v) is 16.3. The molecule has 27 heavy (non-hydrogen) atoms. The van der Waals surface area contributed by atoms with Crippen LogP contribution in [0.2, 0.25) is 0 Å². The molecule has 0 aliphatic heterocycles. The van der Waals surface area contributed by atoms with E-state index in [1.165, 1.54) is 12.7 Å². The highest BCUT2D eigenvalue weighted by Crippen LogP contribution is 2.27. The number of carbonyl (C=O) groups excluding carboxylic acids is 1. The number of nitrogens with one attached hydrogen (secondary N) is 1. The van der Waals surface area contributed by atoms with Gasteiger partial charge in [-0.3, -0.25) is 4.79 Å². The molecule has 2 rings (SSSR count). The van der Waals surface area contributed by atoms with Gasteiger partial charge in [-0.25, -0.2) is 0 Å². The molecule has 0 saturated carbocycles. The van der Waals surface area contributed by atoms with Gasteiger partial charge in [0, 0.05) is 6.07 Å². The third-order valence-corrected chi connectivity index (χ3v) is 4.15. The minimum absolute atomic E-state index is 0.114. The van der Waals surface area contributed by atoms with Crippen LogP contribution in [0.1, 0.15) is 43.5 Å². The van der Waals surface area contributed by atoms with Crippen LogP contribution in [0, 0.1) is 17.2 Å². The number of hydrogen-bond acceptors (Lipinski definition) is 4. The second-order valence-electron chi connectivity index (χ2n) is 6.89. The van der Waals surface area contributed by atoms with Crippen molar-refractivity contribution < 1.29 is 14.3 Å². The molecule has 0 saturated heterocycles. The topological polar surface area (TPSA) is 71.3 Å². The number of hydrogen-bond donors (Lipinski definition) is 1. The average Bonchev–Trinajstić information content (AvgIpc) is 2.66. The van der Waals surface area contributed by atoms with E-state index in [2.05, 4.69) is 31.3 Å². The Hall–Kier alpha value is -3.00. The normalized spacial score (nSPS) is 11.6. The summed E-state index contributed by atoms with van der Waals surface area (Å²) in [6.07, 6.45) is 1.04. The molecule has 0 bridgehead atoms. The Morgan fingerprint density at radius 1 is 1.11 bits per heavy atom. The molecule has 1 amide bonds. The maximum absolute atomic E-state index is 12.2. The van der Waals surface area contributed by atoms with Crippen LogP contribution in [-0.2, 0) is 11.2 Å². The van der Waals surface area contributed by atoms with E-state index in [-0.39, 0.29) is 18.6 Å². The molecule has 0 aliphatic carbocycles. The Morgan fingerprint density at radius 2 is 1.81 bits per heavy atom. The minimum atomic E-state index is -0.222. The van der Waals surface area contributed by atoms with Gasteiger partial charge < -0.3 is 14.8 Å². The number of amides is 1. The van der Waals surface area contributed by atoms with E-state index >= 15 is 0 Å². The summed E-state index contributed by atoms with van der Waals surface area (Å²) in [6.45, 7) is 6.20. The minimum Gasteiger partial charge on any atom is -0.493 e. The number of nitrogens with zero attached hydrogens (tertiary/aromatic N) is 1. The van der Waals surface area contributed by atoms with Gasteiger partial charge in [0.05, 0.1) is 24.8 Å². The smallest absolute Gasteiger partial charge is 0.258 e. The van der Waals surface area contributed by atoms with Crippen LogP contribution >= 0.6 is 0 Å². The molecule has 0 unspecified atom stereocenters. The number of methoxy groups -OCH3 is 1. The van der Waals surface area contributed by atoms with E-state index in [9.17, 15) is 4.79 Å². The van der Waals surface area contributed by atoms with Gasteiger partial charge in [0.1, 0.15) is 0 Å². The van der Waals surface area contributed by atoms with Crippen molar-refractivity contribution in [1.82, 2.24) is 5.32 Å². The van der Waals surface area contributed by atoms with Crippen molar-refractivity contribution in [3.05, 3.63) is 59.2 Å². The molecule has 0 fully saturated rings. The second-order valence-corrected chi connectivity index (χ2v) is 6.89. The van der Waals surface area contributed by atoms with Crippen LogP contribution in [0.3, 0.4) is 0 Å². The molecule has 5 heteroatoms. The summed E-state index contributed by atoms with van der Waals surface area (Å²) in [6, 6.07) is 15.1. The van der Waals surface area contributed by atoms with Crippen molar-refractivity contribution in [2.45, 2.75) is 33.2 Å². The predicted molar refractivity (Wildman–Crippen MR) is 105 cm³/mol. The summed E-state index contributed by atoms with van der Waals surface area (Å²) in [7, 11) is 1.49. The van der Waals surface area contributed by atoms with E-state index in [0.29, 0.717) is 23.0 Å². The molecule has 5 nitrogen and oxygen atoms in total. The average molecular weight is 366 g/mol. The van der Waals surface area contributed by atoms with Crippen molar-refractivity contribution in [2.24, 2.45) is 5.92 Å². The van der Waals surface area contributed by atoms with Crippen molar-refractivity contribution in [3.63, 3.8) is 0 Å². The molecule has 0 aromatic heterocycles. The van der Waals surface area contributed by atoms with Crippen LogP contribution in [0.15, 0.2) is 42.5 Å². The van der Waals surface area contributed by atoms with Gasteiger partial charge >= 0.3 is 0 Å². The summed E-state index contributed by atoms with van der Waals surface area (Å²) in [5, 5.41) is 11.9. The van der Waals surface area contributed by atoms with Crippen LogP contribution in [-0.4, -0.2) is 19.6 Å². The van der Waals surface area contributed by atoms with Crippen LogP contribution in [0.4, 0.5) is 0 Å². The number of nitriles is 1. The van der Waals surface area contributed by atoms with E-state index in [4.69, 9.17) is 14.7 Å². The van der Waals surface area contributed by atoms with Gasteiger partial charge in [0.2, 0.25) is 0 Å². The predicted octanol–water partition coefficient (Wildman–Crippen LogP) is 4.02. The van der Waals surface area contributed by atoms with E-state index in [0.717, 1.165) is 12.0 Å². The highest BCUT2D eigenvalue weighted by atomic mass is 16.5. The number of carbonyl (C=O) groups is 1. The summed E-state index contributed by atoms with van der Waals surface area (Å²) in [4.78, 5) is 12.2. The molecule has 1 atom stereocenters. The molecule has 0 aliphatic rings. The van der Waals surface area contributed by atoms with Gasteiger partial charge in [-0.2, -0.15) is 5.26 Å².